The Kier molecular flexibility index (Phi) is 9.09. The Labute approximate surface area is 333 Å². The van der Waals surface area contributed by atoms with Crippen LogP contribution in [-0.4, -0.2) is 16.2 Å². The van der Waals surface area contributed by atoms with Crippen molar-refractivity contribution in [1.82, 2.24) is 0 Å². The fourth-order valence-electron chi connectivity index (χ4n) is 9.23. The molecule has 0 saturated heterocycles. The second-order valence-corrected chi connectivity index (χ2v) is 17.1. The van der Waals surface area contributed by atoms with E-state index in [4.69, 9.17) is 5.73 Å². The van der Waals surface area contributed by atoms with Crippen LogP contribution in [0.4, 0.5) is 17.1 Å². The molecule has 0 saturated carbocycles. The molecule has 272 valence electrons. The number of fused-ring (bicyclic) bond motifs is 3. The minimum Gasteiger partial charge on any atom is -0.398 e. The maximum Gasteiger partial charge on any atom is 0.0534 e. The third-order valence-corrected chi connectivity index (χ3v) is 14.4. The number of hydrogen-bond donors (Lipinski definition) is 1. The van der Waals surface area contributed by atoms with Gasteiger partial charge in [-0.05, 0) is 80.6 Å². The lowest BCUT2D eigenvalue weighted by molar-refractivity contribution is 0.563. The summed E-state index contributed by atoms with van der Waals surface area (Å²) >= 11 is 0. The zero-order valence-electron chi connectivity index (χ0n) is 31.3. The van der Waals surface area contributed by atoms with Gasteiger partial charge in [0.25, 0.3) is 0 Å². The highest BCUT2D eigenvalue weighted by molar-refractivity contribution is 8.21. The van der Waals surface area contributed by atoms with Gasteiger partial charge in [0.2, 0.25) is 0 Å². The van der Waals surface area contributed by atoms with E-state index in [1.165, 1.54) is 33.5 Å². The molecule has 0 aromatic heterocycles. The van der Waals surface area contributed by atoms with Gasteiger partial charge in [-0.2, -0.15) is 0 Å². The Morgan fingerprint density at radius 2 is 1.23 bits per heavy atom. The summed E-state index contributed by atoms with van der Waals surface area (Å²) in [5, 5.41) is 3.02. The van der Waals surface area contributed by atoms with E-state index in [2.05, 4.69) is 211 Å². The molecule has 6 aromatic carbocycles. The van der Waals surface area contributed by atoms with Crippen LogP contribution in [0.5, 0.6) is 0 Å². The molecule has 2 nitrogen and oxygen atoms in total. The van der Waals surface area contributed by atoms with Crippen LogP contribution in [0.2, 0.25) is 0 Å². The quantitative estimate of drug-likeness (QED) is 0.124. The molecule has 2 aliphatic heterocycles. The molecule has 2 aliphatic carbocycles. The first-order valence-electron chi connectivity index (χ1n) is 19.8. The first-order chi connectivity index (χ1) is 27.7. The Hall–Kier alpha value is -6.16. The predicted molar refractivity (Wildman–Crippen MR) is 242 cm³/mol. The number of para-hydroxylation sites is 2. The Morgan fingerprint density at radius 1 is 0.571 bits per heavy atom. The summed E-state index contributed by atoms with van der Waals surface area (Å²) in [5.41, 5.74) is 21.3. The molecule has 0 fully saturated rings. The van der Waals surface area contributed by atoms with Crippen molar-refractivity contribution in [2.75, 3.05) is 10.6 Å². The van der Waals surface area contributed by atoms with Crippen molar-refractivity contribution in [2.45, 2.75) is 30.1 Å². The first kappa shape index (κ1) is 34.3. The van der Waals surface area contributed by atoms with Crippen molar-refractivity contribution in [3.8, 4) is 22.3 Å². The summed E-state index contributed by atoms with van der Waals surface area (Å²) in [5.74, 6) is 0.859. The monoisotopic (exact) mass is 740 g/mol. The van der Waals surface area contributed by atoms with Gasteiger partial charge in [0.1, 0.15) is 0 Å². The van der Waals surface area contributed by atoms with Crippen LogP contribution >= 0.6 is 10.5 Å². The summed E-state index contributed by atoms with van der Waals surface area (Å²) in [6, 6.07) is 57.3. The molecule has 0 spiro atoms. The van der Waals surface area contributed by atoms with E-state index < -0.39 is 0 Å². The zero-order valence-corrected chi connectivity index (χ0v) is 32.1. The average Bonchev–Trinajstić information content (AvgIpc) is 3.27. The van der Waals surface area contributed by atoms with Crippen molar-refractivity contribution < 1.29 is 0 Å². The molecular formula is C53H44N2S. The summed E-state index contributed by atoms with van der Waals surface area (Å²) in [6.07, 6.45) is 18.3. The highest BCUT2D eigenvalue weighted by Gasteiger charge is 2.39. The van der Waals surface area contributed by atoms with Gasteiger partial charge in [-0.3, -0.25) is 0 Å². The number of nitrogens with two attached hydrogens (primary N) is 1. The number of nitrogen functional groups attached to an aromatic ring is 1. The van der Waals surface area contributed by atoms with E-state index in [0.717, 1.165) is 46.5 Å². The number of nitrogens with zero attached hydrogens (tertiary/aromatic N) is 1. The van der Waals surface area contributed by atoms with E-state index >= 15 is 0 Å². The number of hydrogen-bond acceptors (Lipinski definition) is 2. The summed E-state index contributed by atoms with van der Waals surface area (Å²) < 4.78 is 0. The third kappa shape index (κ3) is 6.23. The van der Waals surface area contributed by atoms with Crippen molar-refractivity contribution in [1.29, 1.82) is 0 Å². The molecule has 2 heterocycles. The number of benzene rings is 6. The zero-order chi connectivity index (χ0) is 37.4. The minimum absolute atomic E-state index is 0.0818. The highest BCUT2D eigenvalue weighted by Crippen LogP contribution is 2.52. The molecule has 0 radical (unpaired) electrons. The fraction of sp³-hybridized carbons (Fsp3) is 0.113. The van der Waals surface area contributed by atoms with Gasteiger partial charge in [0.15, 0.2) is 0 Å². The van der Waals surface area contributed by atoms with Crippen LogP contribution in [-0.2, 0) is 0 Å². The molecular weight excluding hydrogens is 697 g/mol. The lowest BCUT2D eigenvalue weighted by Gasteiger charge is -2.42. The molecule has 10 rings (SSSR count). The number of allylic oxidation sites excluding steroid dienone is 7. The van der Waals surface area contributed by atoms with Crippen LogP contribution in [0.3, 0.4) is 0 Å². The molecule has 5 unspecified atom stereocenters. The van der Waals surface area contributed by atoms with E-state index in [9.17, 15) is 0 Å². The van der Waals surface area contributed by atoms with E-state index in [-0.39, 0.29) is 16.5 Å². The average molecular weight is 741 g/mol. The SMILES string of the molecule is Nc1c(-c2ccccc2)cccc1-c1ccccc1N(c1ccc(C2=CC=CS3=C2C2C=CC=CC23)cc1)C1C=C(c2ccccc2)CC(c2ccccc2)C1. The van der Waals surface area contributed by atoms with E-state index in [1.807, 2.05) is 0 Å². The second-order valence-electron chi connectivity index (χ2n) is 15.1. The van der Waals surface area contributed by atoms with Gasteiger partial charge in [0, 0.05) is 44.9 Å². The number of rotatable bonds is 8. The lowest BCUT2D eigenvalue weighted by Crippen LogP contribution is -2.37. The van der Waals surface area contributed by atoms with E-state index in [0.29, 0.717) is 17.1 Å². The van der Waals surface area contributed by atoms with Gasteiger partial charge in [-0.1, -0.05) is 182 Å². The Bertz CT molecular complexity index is 2590. The smallest absolute Gasteiger partial charge is 0.0534 e. The largest absolute Gasteiger partial charge is 0.398 e. The Morgan fingerprint density at radius 3 is 2.02 bits per heavy atom. The van der Waals surface area contributed by atoms with Gasteiger partial charge in [-0.25, -0.2) is 0 Å². The molecule has 5 atom stereocenters. The molecule has 4 aliphatic rings. The van der Waals surface area contributed by atoms with Crippen LogP contribution in [0.15, 0.2) is 206 Å². The molecule has 0 amide bonds. The van der Waals surface area contributed by atoms with Gasteiger partial charge in [-0.15, -0.1) is 10.5 Å². The maximum absolute atomic E-state index is 7.16. The maximum atomic E-state index is 7.16. The fourth-order valence-corrected chi connectivity index (χ4v) is 11.7. The van der Waals surface area contributed by atoms with Crippen molar-refractivity contribution in [2.24, 2.45) is 5.92 Å². The Balaban J connectivity index is 1.12. The highest BCUT2D eigenvalue weighted by atomic mass is 32.2. The van der Waals surface area contributed by atoms with Crippen molar-refractivity contribution in [3.63, 3.8) is 0 Å². The van der Waals surface area contributed by atoms with Crippen LogP contribution < -0.4 is 10.6 Å². The standard InChI is InChI=1S/C53H44N2S/c54-52-45(39-20-8-3-9-21-39)24-14-25-48(52)47-22-10-12-27-50(47)55(44-35-41(37-16-4-1-5-17-37)34-42(36-44)38-18-6-2-7-19-38)43-31-29-40(30-32-43)46-26-15-33-56-51-28-13-11-23-49(51)53(46)56/h1-33,35,42,44,49,51H,34,36,54H2. The summed E-state index contributed by atoms with van der Waals surface area (Å²) in [7, 11) is 0.163. The van der Waals surface area contributed by atoms with Crippen LogP contribution in [0.25, 0.3) is 33.4 Å². The van der Waals surface area contributed by atoms with Crippen LogP contribution in [0, 0.1) is 5.92 Å². The third-order valence-electron chi connectivity index (χ3n) is 11.9. The van der Waals surface area contributed by atoms with Gasteiger partial charge >= 0.3 is 0 Å². The minimum atomic E-state index is 0.0818. The normalized spacial score (nSPS) is 22.0. The van der Waals surface area contributed by atoms with Gasteiger partial charge in [0.05, 0.1) is 6.04 Å². The molecule has 6 aromatic rings. The molecule has 56 heavy (non-hydrogen) atoms. The molecule has 3 heteroatoms. The predicted octanol–water partition coefficient (Wildman–Crippen LogP) is 13.2. The van der Waals surface area contributed by atoms with Crippen molar-refractivity contribution in [3.05, 3.63) is 222 Å². The lowest BCUT2D eigenvalue weighted by atomic mass is 9.78. The van der Waals surface area contributed by atoms with E-state index in [1.54, 1.807) is 4.86 Å². The summed E-state index contributed by atoms with van der Waals surface area (Å²) in [6.45, 7) is 0. The second kappa shape index (κ2) is 14.8. The topological polar surface area (TPSA) is 29.3 Å². The number of anilines is 3. The van der Waals surface area contributed by atoms with Crippen LogP contribution in [0.1, 0.15) is 35.4 Å². The van der Waals surface area contributed by atoms with Gasteiger partial charge < -0.3 is 10.6 Å². The van der Waals surface area contributed by atoms with Crippen molar-refractivity contribution >= 4 is 43.6 Å². The first-order valence-corrected chi connectivity index (χ1v) is 21.1. The molecule has 2 N–H and O–H groups in total. The summed E-state index contributed by atoms with van der Waals surface area (Å²) in [4.78, 5) is 4.17. The molecule has 0 bridgehead atoms.